The molecule has 0 atom stereocenters. The van der Waals surface area contributed by atoms with Crippen LogP contribution < -0.4 is 5.32 Å². The van der Waals surface area contributed by atoms with Crippen LogP contribution in [0.25, 0.3) is 5.69 Å². The minimum absolute atomic E-state index is 0.0340. The van der Waals surface area contributed by atoms with E-state index in [4.69, 9.17) is 0 Å². The van der Waals surface area contributed by atoms with E-state index >= 15 is 0 Å². The summed E-state index contributed by atoms with van der Waals surface area (Å²) in [5.41, 5.74) is 4.22. The summed E-state index contributed by atoms with van der Waals surface area (Å²) < 4.78 is 1.86. The van der Waals surface area contributed by atoms with E-state index in [0.717, 1.165) is 37.2 Å². The molecule has 0 spiro atoms. The average Bonchev–Trinajstić information content (AvgIpc) is 3.46. The zero-order valence-electron chi connectivity index (χ0n) is 17.7. The van der Waals surface area contributed by atoms with E-state index in [-0.39, 0.29) is 17.6 Å². The van der Waals surface area contributed by atoms with Crippen molar-refractivity contribution in [1.82, 2.24) is 19.7 Å². The van der Waals surface area contributed by atoms with E-state index in [9.17, 15) is 9.59 Å². The fourth-order valence-electron chi connectivity index (χ4n) is 3.62. The molecule has 4 rings (SSSR count). The first-order valence-electron chi connectivity index (χ1n) is 10.3. The van der Waals surface area contributed by atoms with Crippen molar-refractivity contribution in [3.63, 3.8) is 0 Å². The molecular formula is C23H25N5O2S. The maximum atomic E-state index is 12.8. The predicted molar refractivity (Wildman–Crippen MR) is 122 cm³/mol. The van der Waals surface area contributed by atoms with Crippen LogP contribution in [0.5, 0.6) is 0 Å². The third-order valence-electron chi connectivity index (χ3n) is 5.39. The molecule has 2 heterocycles. The average molecular weight is 436 g/mol. The summed E-state index contributed by atoms with van der Waals surface area (Å²) in [6.45, 7) is 5.51. The Morgan fingerprint density at radius 3 is 2.55 bits per heavy atom. The SMILES string of the molecule is Cc1ccc(-n2cnnc2SCC(=O)Nc2cccc(C(=O)N3CCCC3)c2C)cc1. The number of nitrogens with zero attached hydrogens (tertiary/aromatic N) is 4. The molecule has 2 aromatic carbocycles. The molecule has 0 radical (unpaired) electrons. The van der Waals surface area contributed by atoms with Gasteiger partial charge in [-0.05, 0) is 56.5 Å². The molecule has 0 unspecified atom stereocenters. The number of nitrogens with one attached hydrogen (secondary N) is 1. The van der Waals surface area contributed by atoms with Crippen LogP contribution in [0.15, 0.2) is 53.9 Å². The van der Waals surface area contributed by atoms with E-state index in [0.29, 0.717) is 16.4 Å². The molecule has 31 heavy (non-hydrogen) atoms. The Kier molecular flexibility index (Phi) is 6.36. The molecule has 1 aromatic heterocycles. The highest BCUT2D eigenvalue weighted by Crippen LogP contribution is 2.24. The molecule has 0 bridgehead atoms. The molecule has 2 amide bonds. The lowest BCUT2D eigenvalue weighted by Gasteiger charge is -2.18. The van der Waals surface area contributed by atoms with Gasteiger partial charge in [0.25, 0.3) is 5.91 Å². The van der Waals surface area contributed by atoms with E-state index in [2.05, 4.69) is 15.5 Å². The van der Waals surface area contributed by atoms with Gasteiger partial charge in [0.1, 0.15) is 6.33 Å². The maximum absolute atomic E-state index is 12.8. The topological polar surface area (TPSA) is 80.1 Å². The molecule has 1 N–H and O–H groups in total. The van der Waals surface area contributed by atoms with Crippen LogP contribution in [0.3, 0.4) is 0 Å². The Morgan fingerprint density at radius 1 is 1.06 bits per heavy atom. The van der Waals surface area contributed by atoms with Gasteiger partial charge < -0.3 is 10.2 Å². The number of likely N-dealkylation sites (tertiary alicyclic amines) is 1. The zero-order chi connectivity index (χ0) is 21.8. The molecule has 1 saturated heterocycles. The standard InChI is InChI=1S/C23H25N5O2S/c1-16-8-10-18(11-9-16)28-15-24-26-23(28)31-14-21(29)25-20-7-5-6-19(17(20)2)22(30)27-12-3-4-13-27/h5-11,15H,3-4,12-14H2,1-2H3,(H,25,29). The first-order valence-corrected chi connectivity index (χ1v) is 11.3. The van der Waals surface area contributed by atoms with E-state index in [1.165, 1.54) is 17.3 Å². The fraction of sp³-hybridized carbons (Fsp3) is 0.304. The van der Waals surface area contributed by atoms with E-state index in [1.54, 1.807) is 6.33 Å². The normalized spacial score (nSPS) is 13.4. The van der Waals surface area contributed by atoms with Gasteiger partial charge >= 0.3 is 0 Å². The van der Waals surface area contributed by atoms with Crippen LogP contribution in [0, 0.1) is 13.8 Å². The third-order valence-corrected chi connectivity index (χ3v) is 6.34. The van der Waals surface area contributed by atoms with Crippen LogP contribution >= 0.6 is 11.8 Å². The highest BCUT2D eigenvalue weighted by molar-refractivity contribution is 7.99. The van der Waals surface area contributed by atoms with E-state index < -0.39 is 0 Å². The Morgan fingerprint density at radius 2 is 1.81 bits per heavy atom. The Balaban J connectivity index is 1.41. The monoisotopic (exact) mass is 435 g/mol. The van der Waals surface area contributed by atoms with Crippen LogP contribution in [0.1, 0.15) is 34.3 Å². The highest BCUT2D eigenvalue weighted by Gasteiger charge is 2.22. The summed E-state index contributed by atoms with van der Waals surface area (Å²) >= 11 is 1.32. The van der Waals surface area contributed by atoms with Crippen molar-refractivity contribution in [3.8, 4) is 5.69 Å². The van der Waals surface area contributed by atoms with Crippen molar-refractivity contribution in [2.24, 2.45) is 0 Å². The number of rotatable bonds is 6. The van der Waals surface area contributed by atoms with Crippen molar-refractivity contribution < 1.29 is 9.59 Å². The lowest BCUT2D eigenvalue weighted by molar-refractivity contribution is -0.113. The van der Waals surface area contributed by atoms with Crippen molar-refractivity contribution in [1.29, 1.82) is 0 Å². The summed E-state index contributed by atoms with van der Waals surface area (Å²) in [7, 11) is 0. The predicted octanol–water partition coefficient (Wildman–Crippen LogP) is 3.85. The van der Waals surface area contributed by atoms with E-state index in [1.807, 2.05) is 65.8 Å². The zero-order valence-corrected chi connectivity index (χ0v) is 18.5. The minimum Gasteiger partial charge on any atom is -0.339 e. The molecule has 1 fully saturated rings. The second kappa shape index (κ2) is 9.34. The second-order valence-electron chi connectivity index (χ2n) is 7.63. The summed E-state index contributed by atoms with van der Waals surface area (Å²) in [6.07, 6.45) is 3.74. The minimum atomic E-state index is -0.155. The Bertz CT molecular complexity index is 1090. The van der Waals surface area contributed by atoms with Gasteiger partial charge in [0, 0.05) is 30.0 Å². The summed E-state index contributed by atoms with van der Waals surface area (Å²) in [6, 6.07) is 13.5. The van der Waals surface area contributed by atoms with Crippen LogP contribution in [-0.2, 0) is 4.79 Å². The van der Waals surface area contributed by atoms with Gasteiger partial charge in [0.2, 0.25) is 5.91 Å². The largest absolute Gasteiger partial charge is 0.339 e. The number of carbonyl (C=O) groups excluding carboxylic acids is 2. The smallest absolute Gasteiger partial charge is 0.254 e. The lowest BCUT2D eigenvalue weighted by atomic mass is 10.1. The Hall–Kier alpha value is -3.13. The first kappa shape index (κ1) is 21.1. The van der Waals surface area contributed by atoms with Crippen molar-refractivity contribution >= 4 is 29.3 Å². The quantitative estimate of drug-likeness (QED) is 0.595. The van der Waals surface area contributed by atoms with Gasteiger partial charge in [-0.25, -0.2) is 0 Å². The number of anilines is 1. The third kappa shape index (κ3) is 4.80. The van der Waals surface area contributed by atoms with Gasteiger partial charge in [0.05, 0.1) is 5.75 Å². The summed E-state index contributed by atoms with van der Waals surface area (Å²) in [5.74, 6) is 0.0675. The van der Waals surface area contributed by atoms with Crippen molar-refractivity contribution in [2.45, 2.75) is 31.8 Å². The molecule has 8 heteroatoms. The van der Waals surface area contributed by atoms with Gasteiger partial charge in [-0.1, -0.05) is 35.5 Å². The number of aromatic nitrogens is 3. The number of hydrogen-bond donors (Lipinski definition) is 1. The van der Waals surface area contributed by atoms with Gasteiger partial charge in [0.15, 0.2) is 5.16 Å². The molecule has 160 valence electrons. The number of hydrogen-bond acceptors (Lipinski definition) is 5. The Labute approximate surface area is 185 Å². The summed E-state index contributed by atoms with van der Waals surface area (Å²) in [5, 5.41) is 11.7. The van der Waals surface area contributed by atoms with Gasteiger partial charge in [-0.2, -0.15) is 0 Å². The first-order chi connectivity index (χ1) is 15.0. The second-order valence-corrected chi connectivity index (χ2v) is 8.58. The number of benzene rings is 2. The molecule has 0 saturated carbocycles. The number of thioether (sulfide) groups is 1. The molecule has 3 aromatic rings. The lowest BCUT2D eigenvalue weighted by Crippen LogP contribution is -2.28. The van der Waals surface area contributed by atoms with Gasteiger partial charge in [-0.3, -0.25) is 14.2 Å². The highest BCUT2D eigenvalue weighted by atomic mass is 32.2. The molecule has 0 aliphatic carbocycles. The summed E-state index contributed by atoms with van der Waals surface area (Å²) in [4.78, 5) is 27.3. The molecule has 1 aliphatic heterocycles. The molecule has 7 nitrogen and oxygen atoms in total. The van der Waals surface area contributed by atoms with Crippen molar-refractivity contribution in [3.05, 3.63) is 65.5 Å². The van der Waals surface area contributed by atoms with Crippen LogP contribution in [0.2, 0.25) is 0 Å². The van der Waals surface area contributed by atoms with Crippen molar-refractivity contribution in [2.75, 3.05) is 24.2 Å². The number of aryl methyl sites for hydroxylation is 1. The molecular weight excluding hydrogens is 410 g/mol. The maximum Gasteiger partial charge on any atom is 0.254 e. The number of amides is 2. The molecule has 1 aliphatic rings. The number of carbonyl (C=O) groups is 2. The van der Waals surface area contributed by atoms with Crippen LogP contribution in [-0.4, -0.2) is 50.3 Å². The van der Waals surface area contributed by atoms with Gasteiger partial charge in [-0.15, -0.1) is 10.2 Å². The fourth-order valence-corrected chi connectivity index (χ4v) is 4.34. The van der Waals surface area contributed by atoms with Crippen LogP contribution in [0.4, 0.5) is 5.69 Å².